The molecule has 1 aromatic rings. The molecule has 1 aliphatic rings. The lowest BCUT2D eigenvalue weighted by atomic mass is 10.1. The van der Waals surface area contributed by atoms with Crippen LogP contribution in [0.3, 0.4) is 0 Å². The van der Waals surface area contributed by atoms with Gasteiger partial charge in [-0.05, 0) is 32.2 Å². The Morgan fingerprint density at radius 3 is 2.90 bits per heavy atom. The summed E-state index contributed by atoms with van der Waals surface area (Å²) in [6, 6.07) is -0.105. The Morgan fingerprint density at radius 2 is 2.35 bits per heavy atom. The van der Waals surface area contributed by atoms with E-state index >= 15 is 0 Å². The number of nitrogens with zero attached hydrogens (tertiary/aromatic N) is 1. The van der Waals surface area contributed by atoms with Crippen molar-refractivity contribution in [2.24, 2.45) is 0 Å². The largest absolute Gasteiger partial charge is 0.443 e. The Morgan fingerprint density at radius 1 is 1.55 bits per heavy atom. The van der Waals surface area contributed by atoms with Crippen molar-refractivity contribution < 1.29 is 17.9 Å². The molecule has 1 fully saturated rings. The molecule has 2 heterocycles. The van der Waals surface area contributed by atoms with Crippen LogP contribution in [-0.2, 0) is 10.9 Å². The lowest BCUT2D eigenvalue weighted by molar-refractivity contribution is -0.137. The highest BCUT2D eigenvalue weighted by Crippen LogP contribution is 2.36. The summed E-state index contributed by atoms with van der Waals surface area (Å²) in [6.07, 6.45) is 0.780. The zero-order chi connectivity index (χ0) is 14.6. The molecule has 1 aromatic heterocycles. The molecule has 1 aliphatic heterocycles. The monoisotopic (exact) mass is 308 g/mol. The van der Waals surface area contributed by atoms with Crippen molar-refractivity contribution in [2.45, 2.75) is 50.9 Å². The quantitative estimate of drug-likeness (QED) is 0.868. The van der Waals surface area contributed by atoms with Gasteiger partial charge in [0.05, 0.1) is 6.10 Å². The summed E-state index contributed by atoms with van der Waals surface area (Å²) in [5.74, 6) is 0. The van der Waals surface area contributed by atoms with Crippen molar-refractivity contribution in [3.8, 4) is 0 Å². The summed E-state index contributed by atoms with van der Waals surface area (Å²) >= 11 is 0.728. The molecule has 0 aromatic carbocycles. The minimum Gasteiger partial charge on any atom is -0.378 e. The highest BCUT2D eigenvalue weighted by molar-refractivity contribution is 7.11. The third-order valence-corrected chi connectivity index (χ3v) is 4.43. The molecule has 1 N–H and O–H groups in total. The van der Waals surface area contributed by atoms with Crippen LogP contribution in [0.25, 0.3) is 0 Å². The van der Waals surface area contributed by atoms with Crippen molar-refractivity contribution in [2.75, 3.05) is 13.2 Å². The van der Waals surface area contributed by atoms with E-state index < -0.39 is 11.2 Å². The maximum Gasteiger partial charge on any atom is 0.443 e. The molecule has 114 valence electrons. The molecular formula is C13H19F3N2OS. The molecule has 2 rings (SSSR count). The molecule has 0 saturated carbocycles. The van der Waals surface area contributed by atoms with Gasteiger partial charge in [0.2, 0.25) is 0 Å². The summed E-state index contributed by atoms with van der Waals surface area (Å²) in [7, 11) is 0. The fraction of sp³-hybridized carbons (Fsp3) is 0.769. The minimum atomic E-state index is -4.36. The number of nitrogens with one attached hydrogen (secondary N) is 1. The third-order valence-electron chi connectivity index (χ3n) is 3.27. The molecule has 7 heteroatoms. The first-order valence-electron chi connectivity index (χ1n) is 6.88. The second-order valence-corrected chi connectivity index (χ2v) is 6.01. The highest BCUT2D eigenvalue weighted by Gasteiger charge is 2.35. The molecule has 20 heavy (non-hydrogen) atoms. The number of aromatic nitrogens is 1. The number of halogens is 3. The van der Waals surface area contributed by atoms with E-state index in [0.29, 0.717) is 11.3 Å². The first kappa shape index (κ1) is 15.7. The average Bonchev–Trinajstić information content (AvgIpc) is 3.04. The Bertz CT molecular complexity index is 416. The number of hydrogen-bond acceptors (Lipinski definition) is 4. The normalized spacial score (nSPS) is 21.3. The van der Waals surface area contributed by atoms with E-state index in [9.17, 15) is 13.2 Å². The van der Waals surface area contributed by atoms with E-state index in [0.717, 1.165) is 43.8 Å². The fourth-order valence-electron chi connectivity index (χ4n) is 2.29. The van der Waals surface area contributed by atoms with E-state index in [1.807, 2.05) is 6.92 Å². The first-order chi connectivity index (χ1) is 9.50. The van der Waals surface area contributed by atoms with Gasteiger partial charge in [-0.2, -0.15) is 13.2 Å². The summed E-state index contributed by atoms with van der Waals surface area (Å²) in [4.78, 5) is 4.14. The van der Waals surface area contributed by atoms with Crippen molar-refractivity contribution in [3.63, 3.8) is 0 Å². The lowest BCUT2D eigenvalue weighted by Crippen LogP contribution is -2.25. The highest BCUT2D eigenvalue weighted by atomic mass is 32.1. The predicted molar refractivity (Wildman–Crippen MR) is 71.7 cm³/mol. The zero-order valence-corrected chi connectivity index (χ0v) is 12.2. The summed E-state index contributed by atoms with van der Waals surface area (Å²) < 4.78 is 43.5. The molecule has 0 bridgehead atoms. The van der Waals surface area contributed by atoms with E-state index in [2.05, 4.69) is 10.3 Å². The number of alkyl halides is 3. The maximum absolute atomic E-state index is 12.6. The number of ether oxygens (including phenoxy) is 1. The number of hydrogen-bond donors (Lipinski definition) is 1. The summed E-state index contributed by atoms with van der Waals surface area (Å²) in [5.41, 5.74) is 0. The van der Waals surface area contributed by atoms with Crippen molar-refractivity contribution in [1.29, 1.82) is 0 Å². The fourth-order valence-corrected chi connectivity index (χ4v) is 3.16. The molecular weight excluding hydrogens is 289 g/mol. The smallest absolute Gasteiger partial charge is 0.378 e. The van der Waals surface area contributed by atoms with E-state index in [1.54, 1.807) is 0 Å². The molecule has 1 saturated heterocycles. The first-order valence-corrected chi connectivity index (χ1v) is 7.70. The summed E-state index contributed by atoms with van der Waals surface area (Å²) in [5, 5.41) is 2.53. The van der Waals surface area contributed by atoms with Crippen molar-refractivity contribution in [1.82, 2.24) is 10.3 Å². The molecule has 0 radical (unpaired) electrons. The standard InChI is InChI=1S/C13H19F3N2OS/c1-2-5-17-10(7-9-4-3-6-19-9)11-8-18-12(20-11)13(14,15)16/h8-10,17H,2-7H2,1H3. The summed E-state index contributed by atoms with van der Waals surface area (Å²) in [6.45, 7) is 3.56. The number of thiazole rings is 1. The van der Waals surface area contributed by atoms with Crippen LogP contribution in [0.1, 0.15) is 48.5 Å². The molecule has 3 nitrogen and oxygen atoms in total. The van der Waals surface area contributed by atoms with Gasteiger partial charge in [-0.25, -0.2) is 4.98 Å². The molecule has 0 aliphatic carbocycles. The number of rotatable bonds is 6. The Kier molecular flexibility index (Phi) is 5.40. The van der Waals surface area contributed by atoms with Crippen molar-refractivity contribution >= 4 is 11.3 Å². The molecule has 2 atom stereocenters. The third kappa shape index (κ3) is 4.17. The average molecular weight is 308 g/mol. The van der Waals surface area contributed by atoms with Gasteiger partial charge in [0.1, 0.15) is 0 Å². The van der Waals surface area contributed by atoms with Gasteiger partial charge in [-0.15, -0.1) is 11.3 Å². The minimum absolute atomic E-state index is 0.105. The maximum atomic E-state index is 12.6. The Labute approximate surface area is 120 Å². The van der Waals surface area contributed by atoms with Gasteiger partial charge < -0.3 is 10.1 Å². The Balaban J connectivity index is 2.06. The lowest BCUT2D eigenvalue weighted by Gasteiger charge is -2.20. The van der Waals surface area contributed by atoms with Gasteiger partial charge in [-0.3, -0.25) is 0 Å². The van der Waals surface area contributed by atoms with Gasteiger partial charge in [-0.1, -0.05) is 6.92 Å². The van der Waals surface area contributed by atoms with Crippen molar-refractivity contribution in [3.05, 3.63) is 16.1 Å². The van der Waals surface area contributed by atoms with Gasteiger partial charge in [0.25, 0.3) is 0 Å². The Hall–Kier alpha value is -0.660. The van der Waals surface area contributed by atoms with Crippen LogP contribution in [0, 0.1) is 0 Å². The van der Waals surface area contributed by atoms with Crippen LogP contribution in [0.2, 0.25) is 0 Å². The molecule has 0 spiro atoms. The predicted octanol–water partition coefficient (Wildman–Crippen LogP) is 3.77. The van der Waals surface area contributed by atoms with Crippen LogP contribution in [0.4, 0.5) is 13.2 Å². The van der Waals surface area contributed by atoms with Crippen LogP contribution in [0.15, 0.2) is 6.20 Å². The van der Waals surface area contributed by atoms with E-state index in [1.165, 1.54) is 6.20 Å². The zero-order valence-electron chi connectivity index (χ0n) is 11.4. The van der Waals surface area contributed by atoms with Crippen LogP contribution in [0.5, 0.6) is 0 Å². The van der Waals surface area contributed by atoms with Gasteiger partial charge in [0, 0.05) is 23.7 Å². The topological polar surface area (TPSA) is 34.1 Å². The van der Waals surface area contributed by atoms with Crippen LogP contribution < -0.4 is 5.32 Å². The van der Waals surface area contributed by atoms with Gasteiger partial charge in [0.15, 0.2) is 5.01 Å². The second kappa shape index (κ2) is 6.87. The van der Waals surface area contributed by atoms with Gasteiger partial charge >= 0.3 is 6.18 Å². The second-order valence-electron chi connectivity index (χ2n) is 4.94. The van der Waals surface area contributed by atoms with E-state index in [4.69, 9.17) is 4.74 Å². The van der Waals surface area contributed by atoms with E-state index in [-0.39, 0.29) is 12.1 Å². The van der Waals surface area contributed by atoms with Crippen LogP contribution in [-0.4, -0.2) is 24.2 Å². The SMILES string of the molecule is CCCNC(CC1CCCO1)c1cnc(C(F)(F)F)s1. The van der Waals surface area contributed by atoms with Crippen LogP contribution >= 0.6 is 11.3 Å². The molecule has 0 amide bonds. The molecule has 2 unspecified atom stereocenters.